The van der Waals surface area contributed by atoms with Crippen molar-refractivity contribution in [1.29, 1.82) is 0 Å². The molecule has 2 aliphatic carbocycles. The smallest absolute Gasteiger partial charge is 0.0540 e. The highest BCUT2D eigenvalue weighted by molar-refractivity contribution is 5.48. The molecule has 1 aromatic rings. The maximum Gasteiger partial charge on any atom is 0.0540 e. The molecule has 3 rings (SSSR count). The van der Waals surface area contributed by atoms with Crippen molar-refractivity contribution in [3.05, 3.63) is 29.8 Å². The number of nitrogens with two attached hydrogens (primary N) is 1. The summed E-state index contributed by atoms with van der Waals surface area (Å²) < 4.78 is 0. The van der Waals surface area contributed by atoms with Crippen molar-refractivity contribution < 1.29 is 5.11 Å². The monoisotopic (exact) mass is 303 g/mol. The molecule has 0 amide bonds. The lowest BCUT2D eigenvalue weighted by molar-refractivity contribution is 0.101. The molecule has 0 spiro atoms. The molecule has 1 aromatic carbocycles. The maximum atomic E-state index is 9.18. The van der Waals surface area contributed by atoms with Crippen LogP contribution in [0.3, 0.4) is 0 Å². The van der Waals surface area contributed by atoms with Crippen LogP contribution in [-0.2, 0) is 0 Å². The van der Waals surface area contributed by atoms with Gasteiger partial charge in [0.25, 0.3) is 0 Å². The van der Waals surface area contributed by atoms with E-state index >= 15 is 0 Å². The molecule has 124 valence electrons. The van der Waals surface area contributed by atoms with Gasteiger partial charge in [0.05, 0.1) is 6.10 Å². The first-order chi connectivity index (χ1) is 10.7. The third-order valence-electron chi connectivity index (χ3n) is 5.37. The number of aliphatic hydroxyl groups is 1. The fourth-order valence-electron chi connectivity index (χ4n) is 3.91. The third-order valence-corrected chi connectivity index (χ3v) is 5.37. The summed E-state index contributed by atoms with van der Waals surface area (Å²) in [4.78, 5) is 0. The van der Waals surface area contributed by atoms with Crippen LogP contribution < -0.4 is 5.73 Å². The second-order valence-corrected chi connectivity index (χ2v) is 7.10. The predicted octanol–water partition coefficient (Wildman–Crippen LogP) is 5.26. The Morgan fingerprint density at radius 1 is 0.909 bits per heavy atom. The molecular weight excluding hydrogens is 270 g/mol. The number of para-hydroxylation sites is 1. The lowest BCUT2D eigenvalue weighted by Crippen LogP contribution is -2.19. The van der Waals surface area contributed by atoms with E-state index in [2.05, 4.69) is 12.1 Å². The number of hydrogen-bond acceptors (Lipinski definition) is 2. The number of nitrogen functional groups attached to an aromatic ring is 1. The van der Waals surface area contributed by atoms with Crippen LogP contribution in [0.4, 0.5) is 5.69 Å². The minimum atomic E-state index is -0.0645. The summed E-state index contributed by atoms with van der Waals surface area (Å²) in [6.45, 7) is 1.91. The third kappa shape index (κ3) is 5.31. The van der Waals surface area contributed by atoms with Crippen molar-refractivity contribution in [3.8, 4) is 0 Å². The Hall–Kier alpha value is -1.02. The van der Waals surface area contributed by atoms with E-state index in [1.54, 1.807) is 0 Å². The highest BCUT2D eigenvalue weighted by atomic mass is 16.3. The molecule has 22 heavy (non-hydrogen) atoms. The van der Waals surface area contributed by atoms with Crippen LogP contribution in [-0.4, -0.2) is 11.2 Å². The zero-order chi connectivity index (χ0) is 15.8. The minimum Gasteiger partial charge on any atom is -0.398 e. The van der Waals surface area contributed by atoms with E-state index in [4.69, 9.17) is 5.73 Å². The predicted molar refractivity (Wildman–Crippen MR) is 94.9 cm³/mol. The molecule has 2 fully saturated rings. The van der Waals surface area contributed by atoms with Crippen LogP contribution in [0.2, 0.25) is 0 Å². The second-order valence-electron chi connectivity index (χ2n) is 7.10. The molecule has 3 N–H and O–H groups in total. The van der Waals surface area contributed by atoms with Gasteiger partial charge in [0.15, 0.2) is 0 Å². The van der Waals surface area contributed by atoms with Crippen molar-refractivity contribution in [1.82, 2.24) is 0 Å². The minimum absolute atomic E-state index is 0.0645. The van der Waals surface area contributed by atoms with Gasteiger partial charge in [-0.1, -0.05) is 56.7 Å². The Balaban J connectivity index is 0.000000172. The lowest BCUT2D eigenvalue weighted by atomic mass is 9.83. The Kier molecular flexibility index (Phi) is 7.24. The molecule has 0 heterocycles. The van der Waals surface area contributed by atoms with E-state index < -0.39 is 0 Å². The van der Waals surface area contributed by atoms with E-state index in [0.717, 1.165) is 11.6 Å². The fraction of sp³-hybridized carbons (Fsp3) is 0.700. The molecule has 2 heteroatoms. The largest absolute Gasteiger partial charge is 0.398 e. The fourth-order valence-corrected chi connectivity index (χ4v) is 3.91. The van der Waals surface area contributed by atoms with Crippen molar-refractivity contribution in [2.24, 2.45) is 5.92 Å². The number of hydrogen-bond donors (Lipinski definition) is 2. The first-order valence-electron chi connectivity index (χ1n) is 9.21. The maximum absolute atomic E-state index is 9.18. The Morgan fingerprint density at radius 2 is 1.45 bits per heavy atom. The molecule has 0 aliphatic heterocycles. The average molecular weight is 303 g/mol. The Bertz CT molecular complexity index is 417. The van der Waals surface area contributed by atoms with E-state index in [-0.39, 0.29) is 6.10 Å². The number of aliphatic hydroxyl groups excluding tert-OH is 1. The van der Waals surface area contributed by atoms with E-state index in [1.807, 2.05) is 19.1 Å². The van der Waals surface area contributed by atoms with Crippen LogP contribution in [0.5, 0.6) is 0 Å². The van der Waals surface area contributed by atoms with Gasteiger partial charge in [0.2, 0.25) is 0 Å². The lowest BCUT2D eigenvalue weighted by Gasteiger charge is -2.23. The summed E-state index contributed by atoms with van der Waals surface area (Å²) in [6.07, 6.45) is 13.3. The second kappa shape index (κ2) is 9.19. The quantitative estimate of drug-likeness (QED) is 0.732. The van der Waals surface area contributed by atoms with Crippen LogP contribution in [0, 0.1) is 5.92 Å². The molecule has 0 saturated heterocycles. The van der Waals surface area contributed by atoms with E-state index in [0.29, 0.717) is 5.92 Å². The van der Waals surface area contributed by atoms with Gasteiger partial charge in [-0.2, -0.15) is 0 Å². The Morgan fingerprint density at radius 3 is 1.95 bits per heavy atom. The number of rotatable bonds is 2. The summed E-state index contributed by atoms with van der Waals surface area (Å²) in [5.74, 6) is 1.34. The van der Waals surface area contributed by atoms with Crippen LogP contribution in [0.1, 0.15) is 82.6 Å². The summed E-state index contributed by atoms with van der Waals surface area (Å²) in [6, 6.07) is 8.32. The zero-order valence-electron chi connectivity index (χ0n) is 14.1. The topological polar surface area (TPSA) is 46.2 Å². The van der Waals surface area contributed by atoms with Crippen LogP contribution in [0.15, 0.2) is 24.3 Å². The highest BCUT2D eigenvalue weighted by Crippen LogP contribution is 2.35. The van der Waals surface area contributed by atoms with Crippen molar-refractivity contribution in [2.45, 2.75) is 83.2 Å². The van der Waals surface area contributed by atoms with Gasteiger partial charge in [0, 0.05) is 5.69 Å². The first kappa shape index (κ1) is 17.3. The van der Waals surface area contributed by atoms with Crippen molar-refractivity contribution in [2.75, 3.05) is 5.73 Å². The van der Waals surface area contributed by atoms with Crippen molar-refractivity contribution in [3.63, 3.8) is 0 Å². The van der Waals surface area contributed by atoms with Crippen molar-refractivity contribution >= 4 is 5.69 Å². The molecular formula is C20H33NO. The summed E-state index contributed by atoms with van der Waals surface area (Å²) in [7, 11) is 0. The van der Waals surface area contributed by atoms with Crippen LogP contribution >= 0.6 is 0 Å². The summed E-state index contributed by atoms with van der Waals surface area (Å²) in [5.41, 5.74) is 8.31. The van der Waals surface area contributed by atoms with Gasteiger partial charge >= 0.3 is 0 Å². The molecule has 1 atom stereocenters. The normalized spacial score (nSPS) is 21.7. The van der Waals surface area contributed by atoms with E-state index in [9.17, 15) is 5.11 Å². The highest BCUT2D eigenvalue weighted by Gasteiger charge is 2.17. The average Bonchev–Trinajstić information content (AvgIpc) is 2.57. The molecule has 1 unspecified atom stereocenters. The van der Waals surface area contributed by atoms with E-state index in [1.165, 1.54) is 69.8 Å². The standard InChI is InChI=1S/C12H17N.C8H16O/c13-12-9-5-4-8-11(12)10-6-2-1-3-7-10;1-7(9)8-5-3-2-4-6-8/h4-5,8-10H,1-3,6-7,13H2;7-9H,2-6H2,1H3. The van der Waals surface area contributed by atoms with Gasteiger partial charge in [-0.25, -0.2) is 0 Å². The molecule has 2 saturated carbocycles. The van der Waals surface area contributed by atoms with Crippen LogP contribution in [0.25, 0.3) is 0 Å². The number of anilines is 1. The zero-order valence-corrected chi connectivity index (χ0v) is 14.1. The molecule has 2 aliphatic rings. The number of benzene rings is 1. The summed E-state index contributed by atoms with van der Waals surface area (Å²) >= 11 is 0. The molecule has 0 radical (unpaired) electrons. The molecule has 2 nitrogen and oxygen atoms in total. The van der Waals surface area contributed by atoms with Gasteiger partial charge in [-0.15, -0.1) is 0 Å². The Labute approximate surface area is 136 Å². The van der Waals surface area contributed by atoms with Gasteiger partial charge in [0.1, 0.15) is 0 Å². The van der Waals surface area contributed by atoms with Gasteiger partial charge in [-0.3, -0.25) is 0 Å². The van der Waals surface area contributed by atoms with Gasteiger partial charge in [-0.05, 0) is 56.1 Å². The first-order valence-corrected chi connectivity index (χ1v) is 9.21. The molecule has 0 aromatic heterocycles. The SMILES string of the molecule is CC(O)C1CCCCC1.Nc1ccccc1C1CCCCC1. The summed E-state index contributed by atoms with van der Waals surface area (Å²) in [5, 5.41) is 9.18. The van der Waals surface area contributed by atoms with Gasteiger partial charge < -0.3 is 10.8 Å². The molecule has 0 bridgehead atoms.